The Bertz CT molecular complexity index is 520. The number of nitrogens with zero attached hydrogens (tertiary/aromatic N) is 1. The van der Waals surface area contributed by atoms with Crippen LogP contribution >= 0.6 is 11.8 Å². The van der Waals surface area contributed by atoms with Gasteiger partial charge < -0.3 is 14.7 Å². The third-order valence-electron chi connectivity index (χ3n) is 3.53. The fourth-order valence-electron chi connectivity index (χ4n) is 2.33. The number of ether oxygens (including phenoxy) is 1. The van der Waals surface area contributed by atoms with Crippen LogP contribution in [0.25, 0.3) is 0 Å². The molecular formula is C15H19NO4S. The molecule has 1 fully saturated rings. The zero-order chi connectivity index (χ0) is 15.2. The number of carboxylic acids is 1. The monoisotopic (exact) mass is 309 g/mol. The number of benzene rings is 1. The van der Waals surface area contributed by atoms with Crippen molar-refractivity contribution in [2.45, 2.75) is 17.7 Å². The number of carbonyl (C=O) groups is 2. The van der Waals surface area contributed by atoms with Crippen molar-refractivity contribution in [1.82, 2.24) is 4.90 Å². The highest BCUT2D eigenvalue weighted by atomic mass is 32.2. The SMILES string of the molecule is COc1cccc(SCC(=O)N2CCC[C@H](C(=O)O)C2)c1. The molecule has 1 heterocycles. The Morgan fingerprint density at radius 2 is 2.29 bits per heavy atom. The van der Waals surface area contributed by atoms with Gasteiger partial charge in [-0.1, -0.05) is 6.07 Å². The number of methoxy groups -OCH3 is 1. The highest BCUT2D eigenvalue weighted by molar-refractivity contribution is 8.00. The molecule has 1 aliphatic heterocycles. The molecule has 1 aromatic rings. The molecule has 0 radical (unpaired) electrons. The Hall–Kier alpha value is -1.69. The first kappa shape index (κ1) is 15.7. The van der Waals surface area contributed by atoms with Crippen molar-refractivity contribution < 1.29 is 19.4 Å². The number of likely N-dealkylation sites (tertiary alicyclic amines) is 1. The molecule has 1 aliphatic rings. The largest absolute Gasteiger partial charge is 0.497 e. The molecule has 21 heavy (non-hydrogen) atoms. The number of rotatable bonds is 5. The summed E-state index contributed by atoms with van der Waals surface area (Å²) in [7, 11) is 1.61. The number of carboxylic acid groups (broad SMARTS) is 1. The van der Waals surface area contributed by atoms with Crippen LogP contribution < -0.4 is 4.74 Å². The number of carbonyl (C=O) groups excluding carboxylic acids is 1. The van der Waals surface area contributed by atoms with Gasteiger partial charge in [0.2, 0.25) is 5.91 Å². The summed E-state index contributed by atoms with van der Waals surface area (Å²) in [5.41, 5.74) is 0. The smallest absolute Gasteiger partial charge is 0.308 e. The molecule has 0 saturated carbocycles. The Balaban J connectivity index is 1.87. The molecule has 0 aromatic heterocycles. The standard InChI is InChI=1S/C15H19NO4S/c1-20-12-5-2-6-13(8-12)21-10-14(17)16-7-3-4-11(9-16)15(18)19/h2,5-6,8,11H,3-4,7,9-10H2,1H3,(H,18,19)/t11-/m0/s1. The number of hydrogen-bond acceptors (Lipinski definition) is 4. The van der Waals surface area contributed by atoms with Gasteiger partial charge in [-0.05, 0) is 31.0 Å². The van der Waals surface area contributed by atoms with Crippen molar-refractivity contribution in [2.75, 3.05) is 26.0 Å². The molecule has 5 nitrogen and oxygen atoms in total. The van der Waals surface area contributed by atoms with Crippen LogP contribution in [0.5, 0.6) is 5.75 Å². The molecule has 0 spiro atoms. The summed E-state index contributed by atoms with van der Waals surface area (Å²) >= 11 is 1.44. The Morgan fingerprint density at radius 1 is 1.48 bits per heavy atom. The zero-order valence-corrected chi connectivity index (χ0v) is 12.8. The van der Waals surface area contributed by atoms with Gasteiger partial charge in [0.1, 0.15) is 5.75 Å². The second-order valence-corrected chi connectivity index (χ2v) is 6.03. The lowest BCUT2D eigenvalue weighted by atomic mass is 9.98. The molecule has 0 bridgehead atoms. The van der Waals surface area contributed by atoms with Crippen LogP contribution in [0, 0.1) is 5.92 Å². The van der Waals surface area contributed by atoms with Crippen LogP contribution in [-0.4, -0.2) is 47.8 Å². The highest BCUT2D eigenvalue weighted by Gasteiger charge is 2.27. The maximum atomic E-state index is 12.2. The zero-order valence-electron chi connectivity index (χ0n) is 11.9. The molecule has 114 valence electrons. The molecule has 2 rings (SSSR count). The van der Waals surface area contributed by atoms with E-state index in [0.717, 1.165) is 17.1 Å². The van der Waals surface area contributed by atoms with Gasteiger partial charge in [0, 0.05) is 18.0 Å². The van der Waals surface area contributed by atoms with E-state index in [9.17, 15) is 9.59 Å². The molecule has 1 saturated heterocycles. The number of hydrogen-bond donors (Lipinski definition) is 1. The average molecular weight is 309 g/mol. The third kappa shape index (κ3) is 4.39. The Labute approximate surface area is 128 Å². The molecule has 1 amide bonds. The van der Waals surface area contributed by atoms with Gasteiger partial charge in [-0.25, -0.2) is 0 Å². The fraction of sp³-hybridized carbons (Fsp3) is 0.467. The van der Waals surface area contributed by atoms with Crippen molar-refractivity contribution in [1.29, 1.82) is 0 Å². The Morgan fingerprint density at radius 3 is 3.00 bits per heavy atom. The van der Waals surface area contributed by atoms with E-state index in [1.165, 1.54) is 11.8 Å². The van der Waals surface area contributed by atoms with Crippen molar-refractivity contribution in [3.63, 3.8) is 0 Å². The lowest BCUT2D eigenvalue weighted by Gasteiger charge is -2.30. The summed E-state index contributed by atoms with van der Waals surface area (Å²) in [5.74, 6) is -0.165. The molecule has 1 N–H and O–H groups in total. The minimum atomic E-state index is -0.812. The molecular weight excluding hydrogens is 290 g/mol. The summed E-state index contributed by atoms with van der Waals surface area (Å²) in [6, 6.07) is 7.55. The number of thioether (sulfide) groups is 1. The molecule has 1 aromatic carbocycles. The van der Waals surface area contributed by atoms with E-state index in [1.54, 1.807) is 12.0 Å². The molecule has 6 heteroatoms. The van der Waals surface area contributed by atoms with E-state index in [1.807, 2.05) is 24.3 Å². The summed E-state index contributed by atoms with van der Waals surface area (Å²) < 4.78 is 5.14. The van der Waals surface area contributed by atoms with Crippen molar-refractivity contribution in [2.24, 2.45) is 5.92 Å². The maximum absolute atomic E-state index is 12.2. The molecule has 0 aliphatic carbocycles. The van der Waals surface area contributed by atoms with Crippen LogP contribution in [0.2, 0.25) is 0 Å². The first-order chi connectivity index (χ1) is 10.1. The van der Waals surface area contributed by atoms with Gasteiger partial charge in [-0.3, -0.25) is 9.59 Å². The summed E-state index contributed by atoms with van der Waals surface area (Å²) in [6.07, 6.45) is 1.41. The van der Waals surface area contributed by atoms with Gasteiger partial charge in [0.15, 0.2) is 0 Å². The van der Waals surface area contributed by atoms with Crippen LogP contribution in [0.15, 0.2) is 29.2 Å². The second-order valence-electron chi connectivity index (χ2n) is 4.98. The van der Waals surface area contributed by atoms with Crippen LogP contribution in [0.3, 0.4) is 0 Å². The topological polar surface area (TPSA) is 66.8 Å². The number of amides is 1. The predicted octanol–water partition coefficient (Wildman–Crippen LogP) is 2.11. The molecule has 1 atom stereocenters. The van der Waals surface area contributed by atoms with Gasteiger partial charge in [-0.15, -0.1) is 11.8 Å². The van der Waals surface area contributed by atoms with Crippen LogP contribution in [0.4, 0.5) is 0 Å². The van der Waals surface area contributed by atoms with Crippen LogP contribution in [0.1, 0.15) is 12.8 Å². The van der Waals surface area contributed by atoms with E-state index in [4.69, 9.17) is 9.84 Å². The predicted molar refractivity (Wildman–Crippen MR) is 80.7 cm³/mol. The van der Waals surface area contributed by atoms with Crippen molar-refractivity contribution in [3.8, 4) is 5.75 Å². The van der Waals surface area contributed by atoms with Crippen LogP contribution in [-0.2, 0) is 9.59 Å². The minimum Gasteiger partial charge on any atom is -0.497 e. The lowest BCUT2D eigenvalue weighted by Crippen LogP contribution is -2.43. The van der Waals surface area contributed by atoms with Gasteiger partial charge in [-0.2, -0.15) is 0 Å². The van der Waals surface area contributed by atoms with Crippen molar-refractivity contribution >= 4 is 23.6 Å². The first-order valence-corrected chi connectivity index (χ1v) is 7.86. The van der Waals surface area contributed by atoms with Gasteiger partial charge >= 0.3 is 5.97 Å². The van der Waals surface area contributed by atoms with E-state index in [0.29, 0.717) is 25.3 Å². The van der Waals surface area contributed by atoms with E-state index in [-0.39, 0.29) is 5.91 Å². The summed E-state index contributed by atoms with van der Waals surface area (Å²) in [5, 5.41) is 9.05. The van der Waals surface area contributed by atoms with E-state index < -0.39 is 11.9 Å². The fourth-order valence-corrected chi connectivity index (χ4v) is 3.18. The Kier molecular flexibility index (Phi) is 5.50. The van der Waals surface area contributed by atoms with E-state index in [2.05, 4.69) is 0 Å². The molecule has 0 unspecified atom stereocenters. The second kappa shape index (κ2) is 7.36. The summed E-state index contributed by atoms with van der Waals surface area (Å²) in [6.45, 7) is 0.980. The average Bonchev–Trinajstić information content (AvgIpc) is 2.53. The summed E-state index contributed by atoms with van der Waals surface area (Å²) in [4.78, 5) is 25.8. The third-order valence-corrected chi connectivity index (χ3v) is 4.51. The van der Waals surface area contributed by atoms with Gasteiger partial charge in [0.05, 0.1) is 18.8 Å². The highest BCUT2D eigenvalue weighted by Crippen LogP contribution is 2.24. The number of aliphatic carboxylic acids is 1. The minimum absolute atomic E-state index is 0.00577. The maximum Gasteiger partial charge on any atom is 0.308 e. The normalized spacial score (nSPS) is 18.3. The van der Waals surface area contributed by atoms with Gasteiger partial charge in [0.25, 0.3) is 0 Å². The van der Waals surface area contributed by atoms with Crippen molar-refractivity contribution in [3.05, 3.63) is 24.3 Å². The first-order valence-electron chi connectivity index (χ1n) is 6.87. The lowest BCUT2D eigenvalue weighted by molar-refractivity contribution is -0.145. The quantitative estimate of drug-likeness (QED) is 0.844. The number of piperidine rings is 1. The van der Waals surface area contributed by atoms with E-state index >= 15 is 0 Å².